The first kappa shape index (κ1) is 30.7. The fourth-order valence-electron chi connectivity index (χ4n) is 6.12. The number of fused-ring (bicyclic) bond motifs is 3. The first-order valence-corrected chi connectivity index (χ1v) is 16.0. The van der Waals surface area contributed by atoms with Crippen LogP contribution in [-0.4, -0.2) is 59.2 Å². The number of aliphatic hydroxyl groups is 1. The molecule has 0 spiro atoms. The highest BCUT2D eigenvalue weighted by molar-refractivity contribution is 7.18. The molecule has 0 radical (unpaired) electrons. The Labute approximate surface area is 273 Å². The van der Waals surface area contributed by atoms with Gasteiger partial charge in [-0.15, -0.1) is 11.3 Å². The molecule has 7 rings (SSSR count). The van der Waals surface area contributed by atoms with Crippen LogP contribution in [0.15, 0.2) is 66.7 Å². The first-order chi connectivity index (χ1) is 22.4. The second-order valence-electron chi connectivity index (χ2n) is 12.5. The summed E-state index contributed by atoms with van der Waals surface area (Å²) in [5.41, 5.74) is 3.10. The van der Waals surface area contributed by atoms with Crippen LogP contribution < -0.4 is 4.74 Å². The topological polar surface area (TPSA) is 98.3 Å². The van der Waals surface area contributed by atoms with E-state index in [1.807, 2.05) is 60.6 Å². The van der Waals surface area contributed by atoms with Gasteiger partial charge in [-0.1, -0.05) is 12.6 Å². The van der Waals surface area contributed by atoms with Crippen LogP contribution in [0.4, 0.5) is 8.78 Å². The number of halogens is 2. The van der Waals surface area contributed by atoms with Gasteiger partial charge in [0.25, 0.3) is 0 Å². The van der Waals surface area contributed by atoms with Crippen LogP contribution in [0, 0.1) is 11.6 Å². The van der Waals surface area contributed by atoms with Gasteiger partial charge in [-0.3, -0.25) is 14.2 Å². The van der Waals surface area contributed by atoms with Gasteiger partial charge >= 0.3 is 0 Å². The van der Waals surface area contributed by atoms with Crippen LogP contribution in [0.3, 0.4) is 0 Å². The summed E-state index contributed by atoms with van der Waals surface area (Å²) in [7, 11) is 1.86. The van der Waals surface area contributed by atoms with Crippen LogP contribution in [0.25, 0.3) is 54.8 Å². The van der Waals surface area contributed by atoms with E-state index in [0.29, 0.717) is 40.4 Å². The fourth-order valence-corrected chi connectivity index (χ4v) is 7.07. The molecule has 1 amide bonds. The van der Waals surface area contributed by atoms with E-state index in [-0.39, 0.29) is 29.9 Å². The summed E-state index contributed by atoms with van der Waals surface area (Å²) < 4.78 is 41.1. The molecule has 0 aliphatic carbocycles. The highest BCUT2D eigenvalue weighted by Gasteiger charge is 2.31. The molecule has 1 aliphatic rings. The molecule has 6 aromatic rings. The minimum Gasteiger partial charge on any atom is -0.490 e. The number of carbonyl (C=O) groups excluding carboxylic acids is 1. The Morgan fingerprint density at radius 2 is 1.96 bits per heavy atom. The molecule has 1 unspecified atom stereocenters. The van der Waals surface area contributed by atoms with Crippen molar-refractivity contribution in [3.8, 4) is 39.5 Å². The SMILES string of the molecule is C=CC(=O)N1Cc2cc(-c3nc(-c4ccc5nn(C)cc5c4)c4ccsc4c3-c3c(F)cc(F)cc3OCC(C)(C)O)nn2C(C)C1. The van der Waals surface area contributed by atoms with Crippen LogP contribution in [0.1, 0.15) is 32.5 Å². The van der Waals surface area contributed by atoms with Crippen molar-refractivity contribution < 1.29 is 23.4 Å². The van der Waals surface area contributed by atoms with E-state index >= 15 is 4.39 Å². The van der Waals surface area contributed by atoms with E-state index < -0.39 is 17.2 Å². The summed E-state index contributed by atoms with van der Waals surface area (Å²) in [5, 5.41) is 23.5. The molecule has 47 heavy (non-hydrogen) atoms. The minimum atomic E-state index is -1.26. The zero-order chi connectivity index (χ0) is 33.2. The number of hydrogen-bond acceptors (Lipinski definition) is 7. The van der Waals surface area contributed by atoms with Gasteiger partial charge in [-0.25, -0.2) is 13.8 Å². The fraction of sp³-hybridized carbons (Fsp3) is 0.257. The van der Waals surface area contributed by atoms with Crippen LogP contribution in [0.5, 0.6) is 5.75 Å². The van der Waals surface area contributed by atoms with Crippen molar-refractivity contribution in [1.82, 2.24) is 29.4 Å². The lowest BCUT2D eigenvalue weighted by Gasteiger charge is -2.31. The van der Waals surface area contributed by atoms with Gasteiger partial charge in [-0.05, 0) is 56.5 Å². The number of rotatable bonds is 7. The maximum absolute atomic E-state index is 16.1. The normalized spacial score (nSPS) is 15.0. The lowest BCUT2D eigenvalue weighted by atomic mass is 9.96. The molecule has 1 aliphatic heterocycles. The maximum atomic E-state index is 16.1. The lowest BCUT2D eigenvalue weighted by Crippen LogP contribution is -2.39. The van der Waals surface area contributed by atoms with Crippen molar-refractivity contribution in [2.45, 2.75) is 39.0 Å². The number of carbonyl (C=O) groups is 1. The van der Waals surface area contributed by atoms with Gasteiger partial charge in [0.1, 0.15) is 35.4 Å². The van der Waals surface area contributed by atoms with Gasteiger partial charge < -0.3 is 14.7 Å². The molecule has 0 fully saturated rings. The zero-order valence-electron chi connectivity index (χ0n) is 26.3. The zero-order valence-corrected chi connectivity index (χ0v) is 27.1. The molecule has 0 bridgehead atoms. The smallest absolute Gasteiger partial charge is 0.246 e. The summed E-state index contributed by atoms with van der Waals surface area (Å²) in [6.07, 6.45) is 3.22. The number of aromatic nitrogens is 5. The quantitative estimate of drug-likeness (QED) is 0.188. The van der Waals surface area contributed by atoms with Crippen molar-refractivity contribution in [2.24, 2.45) is 7.05 Å². The molecule has 1 atom stereocenters. The summed E-state index contributed by atoms with van der Waals surface area (Å²) in [6.45, 7) is 9.26. The third-order valence-electron chi connectivity index (χ3n) is 8.15. The first-order valence-electron chi connectivity index (χ1n) is 15.1. The number of hydrogen-bond donors (Lipinski definition) is 1. The molecular weight excluding hydrogens is 622 g/mol. The Balaban J connectivity index is 1.51. The molecule has 0 saturated heterocycles. The number of aryl methyl sites for hydroxylation is 1. The van der Waals surface area contributed by atoms with Crippen molar-refractivity contribution in [3.05, 3.63) is 84.0 Å². The predicted molar refractivity (Wildman–Crippen MR) is 178 cm³/mol. The van der Waals surface area contributed by atoms with Crippen molar-refractivity contribution in [3.63, 3.8) is 0 Å². The van der Waals surface area contributed by atoms with Gasteiger partial charge in [-0.2, -0.15) is 10.2 Å². The van der Waals surface area contributed by atoms with E-state index in [0.717, 1.165) is 39.7 Å². The van der Waals surface area contributed by atoms with Crippen molar-refractivity contribution in [2.75, 3.05) is 13.2 Å². The Hall–Kier alpha value is -4.94. The monoisotopic (exact) mass is 654 g/mol. The van der Waals surface area contributed by atoms with Crippen LogP contribution in [-0.2, 0) is 18.4 Å². The largest absolute Gasteiger partial charge is 0.490 e. The summed E-state index contributed by atoms with van der Waals surface area (Å²) in [4.78, 5) is 19.4. The number of nitrogens with zero attached hydrogens (tertiary/aromatic N) is 6. The summed E-state index contributed by atoms with van der Waals surface area (Å²) in [6, 6.07) is 11.5. The number of ether oxygens (including phenoxy) is 1. The minimum absolute atomic E-state index is 0.0161. The molecule has 4 aromatic heterocycles. The van der Waals surface area contributed by atoms with Crippen LogP contribution >= 0.6 is 11.3 Å². The summed E-state index contributed by atoms with van der Waals surface area (Å²) >= 11 is 1.40. The Kier molecular flexibility index (Phi) is 7.44. The predicted octanol–water partition coefficient (Wildman–Crippen LogP) is 6.90. The van der Waals surface area contributed by atoms with E-state index in [4.69, 9.17) is 14.8 Å². The Bertz CT molecular complexity index is 2210. The van der Waals surface area contributed by atoms with Gasteiger partial charge in [0.15, 0.2) is 0 Å². The van der Waals surface area contributed by atoms with Gasteiger partial charge in [0.2, 0.25) is 5.91 Å². The second kappa shape index (κ2) is 11.4. The molecule has 9 nitrogen and oxygen atoms in total. The highest BCUT2D eigenvalue weighted by atomic mass is 32.1. The molecule has 5 heterocycles. The molecular formula is C35H32F2N6O3S. The number of pyridine rings is 1. The Morgan fingerprint density at radius 3 is 2.72 bits per heavy atom. The van der Waals surface area contributed by atoms with E-state index in [9.17, 15) is 14.3 Å². The van der Waals surface area contributed by atoms with Crippen LogP contribution in [0.2, 0.25) is 0 Å². The third kappa shape index (κ3) is 5.57. The molecule has 240 valence electrons. The third-order valence-corrected chi connectivity index (χ3v) is 9.08. The standard InChI is InChI=1S/C35H32F2N6O3S/c1-6-29(44)42-15-19(2)43-23(17-42)14-27(40-43)33-31(30-25(37)12-22(36)13-28(30)46-18-35(3,4)45)34-24(9-10-47-34)32(38-33)20-7-8-26-21(11-20)16-41(5)39-26/h6-14,16,19,45H,1,15,17-18H2,2-5H3. The van der Waals surface area contributed by atoms with Gasteiger partial charge in [0.05, 0.1) is 40.7 Å². The summed E-state index contributed by atoms with van der Waals surface area (Å²) in [5.74, 6) is -1.89. The van der Waals surface area contributed by atoms with E-state index in [2.05, 4.69) is 11.7 Å². The maximum Gasteiger partial charge on any atom is 0.246 e. The average molecular weight is 655 g/mol. The molecule has 0 saturated carbocycles. The van der Waals surface area contributed by atoms with E-state index in [1.165, 1.54) is 17.4 Å². The molecule has 1 N–H and O–H groups in total. The van der Waals surface area contributed by atoms with Crippen molar-refractivity contribution in [1.29, 1.82) is 0 Å². The average Bonchev–Trinajstić information content (AvgIpc) is 3.76. The van der Waals surface area contributed by atoms with Gasteiger partial charge in [0, 0.05) is 58.5 Å². The molecule has 2 aromatic carbocycles. The lowest BCUT2D eigenvalue weighted by molar-refractivity contribution is -0.127. The Morgan fingerprint density at radius 1 is 1.15 bits per heavy atom. The number of benzene rings is 2. The van der Waals surface area contributed by atoms with E-state index in [1.54, 1.807) is 23.4 Å². The second-order valence-corrected chi connectivity index (χ2v) is 13.4. The van der Waals surface area contributed by atoms with Crippen molar-refractivity contribution >= 4 is 38.2 Å². The number of thiophene rings is 1. The highest BCUT2D eigenvalue weighted by Crippen LogP contribution is 2.47. The molecule has 12 heteroatoms. The number of amides is 1.